The van der Waals surface area contributed by atoms with Gasteiger partial charge in [-0.25, -0.2) is 4.79 Å². The molecular formula is C13H20NO5-. The Kier molecular flexibility index (Phi) is 4.25. The molecule has 6 nitrogen and oxygen atoms in total. The van der Waals surface area contributed by atoms with Gasteiger partial charge >= 0.3 is 6.09 Å². The molecule has 19 heavy (non-hydrogen) atoms. The molecule has 0 radical (unpaired) electrons. The van der Waals surface area contributed by atoms with Crippen molar-refractivity contribution in [1.29, 1.82) is 0 Å². The lowest BCUT2D eigenvalue weighted by Crippen LogP contribution is -2.57. The summed E-state index contributed by atoms with van der Waals surface area (Å²) < 4.78 is 5.18. The van der Waals surface area contributed by atoms with E-state index in [9.17, 15) is 19.8 Å². The lowest BCUT2D eigenvalue weighted by Gasteiger charge is -2.37. The molecule has 2 unspecified atom stereocenters. The Morgan fingerprint density at radius 2 is 2.05 bits per heavy atom. The molecule has 1 fully saturated rings. The Hall–Kier alpha value is -1.56. The van der Waals surface area contributed by atoms with Crippen molar-refractivity contribution in [3.8, 4) is 0 Å². The molecule has 0 aromatic heterocycles. The molecule has 1 aliphatic heterocycles. The summed E-state index contributed by atoms with van der Waals surface area (Å²) in [7, 11) is 0. The third-order valence-corrected chi connectivity index (χ3v) is 3.52. The molecule has 2 atom stereocenters. The van der Waals surface area contributed by atoms with Gasteiger partial charge in [0.15, 0.2) is 11.3 Å². The smallest absolute Gasteiger partial charge is 0.413 e. The van der Waals surface area contributed by atoms with Crippen LogP contribution in [-0.4, -0.2) is 39.9 Å². The second-order valence-corrected chi connectivity index (χ2v) is 5.40. The van der Waals surface area contributed by atoms with Crippen molar-refractivity contribution in [3.63, 3.8) is 0 Å². The second kappa shape index (κ2) is 5.21. The lowest BCUT2D eigenvalue weighted by molar-refractivity contribution is -0.308. The molecule has 1 rings (SSSR count). The molecule has 0 aliphatic carbocycles. The minimum absolute atomic E-state index is 0.403. The summed E-state index contributed by atoms with van der Waals surface area (Å²) in [5.41, 5.74) is -1.70. The molecule has 1 N–H and O–H groups in total. The lowest BCUT2D eigenvalue weighted by atomic mass is 9.88. The molecule has 108 valence electrons. The van der Waals surface area contributed by atoms with Gasteiger partial charge in [0.25, 0.3) is 0 Å². The standard InChI is InChI=1S/C13H21NO5/c1-9(2)6-5-7-12(3)13(4,18)14(8-10(15)16)11(17)19-12/h6,18H,5,7-8H2,1-4H3,(H,15,16)/p-1. The Bertz CT molecular complexity index is 411. The van der Waals surface area contributed by atoms with E-state index < -0.39 is 29.9 Å². The summed E-state index contributed by atoms with van der Waals surface area (Å²) in [5.74, 6) is -1.44. The van der Waals surface area contributed by atoms with Crippen molar-refractivity contribution in [1.82, 2.24) is 4.90 Å². The predicted octanol–water partition coefficient (Wildman–Crippen LogP) is 0.402. The highest BCUT2D eigenvalue weighted by Crippen LogP contribution is 2.40. The van der Waals surface area contributed by atoms with Gasteiger partial charge in [-0.05, 0) is 40.5 Å². The van der Waals surface area contributed by atoms with E-state index in [4.69, 9.17) is 4.74 Å². The van der Waals surface area contributed by atoms with Crippen molar-refractivity contribution in [2.45, 2.75) is 51.9 Å². The van der Waals surface area contributed by atoms with E-state index in [0.717, 1.165) is 10.5 Å². The number of carbonyl (C=O) groups is 2. The van der Waals surface area contributed by atoms with Crippen LogP contribution in [0.5, 0.6) is 0 Å². The van der Waals surface area contributed by atoms with E-state index in [-0.39, 0.29) is 0 Å². The third-order valence-electron chi connectivity index (χ3n) is 3.52. The molecule has 1 heterocycles. The first-order valence-electron chi connectivity index (χ1n) is 6.16. The molecular weight excluding hydrogens is 250 g/mol. The number of aliphatic hydroxyl groups is 1. The van der Waals surface area contributed by atoms with Gasteiger partial charge in [-0.2, -0.15) is 0 Å². The van der Waals surface area contributed by atoms with Gasteiger partial charge in [-0.15, -0.1) is 0 Å². The highest BCUT2D eigenvalue weighted by atomic mass is 16.6. The molecule has 1 amide bonds. The average molecular weight is 270 g/mol. The maximum Gasteiger partial charge on any atom is 0.413 e. The highest BCUT2D eigenvalue weighted by Gasteiger charge is 2.58. The molecule has 0 aromatic rings. The summed E-state index contributed by atoms with van der Waals surface area (Å²) in [6, 6.07) is 0. The number of nitrogens with zero attached hydrogens (tertiary/aromatic N) is 1. The van der Waals surface area contributed by atoms with Crippen molar-refractivity contribution in [3.05, 3.63) is 11.6 Å². The fourth-order valence-electron chi connectivity index (χ4n) is 2.08. The number of amides is 1. The largest absolute Gasteiger partial charge is 0.548 e. The molecule has 0 spiro atoms. The van der Waals surface area contributed by atoms with Gasteiger partial charge < -0.3 is 19.7 Å². The van der Waals surface area contributed by atoms with E-state index >= 15 is 0 Å². The van der Waals surface area contributed by atoms with Crippen LogP contribution in [0.1, 0.15) is 40.5 Å². The van der Waals surface area contributed by atoms with E-state index in [1.165, 1.54) is 6.92 Å². The molecule has 0 saturated carbocycles. The fraction of sp³-hybridized carbons (Fsp3) is 0.692. The van der Waals surface area contributed by atoms with E-state index in [1.54, 1.807) is 6.92 Å². The van der Waals surface area contributed by atoms with Gasteiger partial charge in [0.05, 0.1) is 12.5 Å². The summed E-state index contributed by atoms with van der Waals surface area (Å²) in [4.78, 5) is 23.1. The summed E-state index contributed by atoms with van der Waals surface area (Å²) in [6.07, 6.45) is 2.16. The van der Waals surface area contributed by atoms with Crippen LogP contribution in [0, 0.1) is 0 Å². The van der Waals surface area contributed by atoms with Crippen LogP contribution in [0.2, 0.25) is 0 Å². The first-order chi connectivity index (χ1) is 8.60. The zero-order valence-corrected chi connectivity index (χ0v) is 11.7. The van der Waals surface area contributed by atoms with Crippen LogP contribution in [-0.2, 0) is 9.53 Å². The van der Waals surface area contributed by atoms with Crippen molar-refractivity contribution >= 4 is 12.1 Å². The summed E-state index contributed by atoms with van der Waals surface area (Å²) in [6.45, 7) is 6.18. The number of rotatable bonds is 5. The van der Waals surface area contributed by atoms with Gasteiger partial charge in [0.2, 0.25) is 0 Å². The van der Waals surface area contributed by atoms with E-state index in [2.05, 4.69) is 0 Å². The van der Waals surface area contributed by atoms with Crippen LogP contribution < -0.4 is 5.11 Å². The zero-order valence-electron chi connectivity index (χ0n) is 11.7. The summed E-state index contributed by atoms with van der Waals surface area (Å²) >= 11 is 0. The van der Waals surface area contributed by atoms with Gasteiger partial charge in [-0.1, -0.05) is 11.6 Å². The molecule has 1 aliphatic rings. The van der Waals surface area contributed by atoms with E-state index in [0.29, 0.717) is 12.8 Å². The van der Waals surface area contributed by atoms with Gasteiger partial charge in [-0.3, -0.25) is 4.90 Å². The monoisotopic (exact) mass is 270 g/mol. The Morgan fingerprint density at radius 1 is 1.47 bits per heavy atom. The Labute approximate surface area is 112 Å². The normalized spacial score (nSPS) is 30.2. The van der Waals surface area contributed by atoms with Crippen LogP contribution in [0.25, 0.3) is 0 Å². The topological polar surface area (TPSA) is 89.9 Å². The van der Waals surface area contributed by atoms with E-state index in [1.807, 2.05) is 19.9 Å². The zero-order chi connectivity index (χ0) is 14.8. The molecule has 6 heteroatoms. The van der Waals surface area contributed by atoms with Gasteiger partial charge in [0, 0.05) is 0 Å². The number of ether oxygens (including phenoxy) is 1. The fourth-order valence-corrected chi connectivity index (χ4v) is 2.08. The highest BCUT2D eigenvalue weighted by molar-refractivity contribution is 5.78. The van der Waals surface area contributed by atoms with Gasteiger partial charge in [0.1, 0.15) is 0 Å². The number of cyclic esters (lactones) is 1. The van der Waals surface area contributed by atoms with Crippen molar-refractivity contribution in [2.24, 2.45) is 0 Å². The first kappa shape index (κ1) is 15.5. The third kappa shape index (κ3) is 3.07. The Balaban J connectivity index is 2.88. The Morgan fingerprint density at radius 3 is 2.53 bits per heavy atom. The molecule has 1 saturated heterocycles. The van der Waals surface area contributed by atoms with Crippen LogP contribution >= 0.6 is 0 Å². The SMILES string of the molecule is CC(C)=CCCC1(C)OC(=O)N(CC(=O)[O-])C1(C)O. The van der Waals surface area contributed by atoms with Crippen molar-refractivity contribution < 1.29 is 24.5 Å². The maximum absolute atomic E-state index is 11.7. The predicted molar refractivity (Wildman–Crippen MR) is 65.9 cm³/mol. The summed E-state index contributed by atoms with van der Waals surface area (Å²) in [5, 5.41) is 21.0. The number of allylic oxidation sites excluding steroid dienone is 2. The number of hydrogen-bond donors (Lipinski definition) is 1. The number of carboxylic acid groups (broad SMARTS) is 1. The number of hydrogen-bond acceptors (Lipinski definition) is 5. The minimum Gasteiger partial charge on any atom is -0.548 e. The maximum atomic E-state index is 11.7. The quantitative estimate of drug-likeness (QED) is 0.730. The first-order valence-corrected chi connectivity index (χ1v) is 6.16. The number of aliphatic carboxylic acids is 1. The van der Waals surface area contributed by atoms with Crippen LogP contribution in [0.4, 0.5) is 4.79 Å². The van der Waals surface area contributed by atoms with Crippen molar-refractivity contribution in [2.75, 3.05) is 6.54 Å². The average Bonchev–Trinajstić information content (AvgIpc) is 2.38. The number of carbonyl (C=O) groups excluding carboxylic acids is 2. The second-order valence-electron chi connectivity index (χ2n) is 5.40. The molecule has 0 bridgehead atoms. The minimum atomic E-state index is -1.68. The molecule has 0 aromatic carbocycles. The van der Waals surface area contributed by atoms with Crippen LogP contribution in [0.15, 0.2) is 11.6 Å². The van der Waals surface area contributed by atoms with Crippen LogP contribution in [0.3, 0.4) is 0 Å². The number of carboxylic acids is 1.